The molecular formula is C20H16Cl4N2O3. The molecular weight excluding hydrogens is 458 g/mol. The van der Waals surface area contributed by atoms with Gasteiger partial charge in [0.15, 0.2) is 0 Å². The van der Waals surface area contributed by atoms with E-state index >= 15 is 0 Å². The minimum Gasteiger partial charge on any atom is -0.489 e. The molecule has 9 heteroatoms. The Kier molecular flexibility index (Phi) is 6.25. The number of halogens is 4. The Balaban J connectivity index is 1.56. The zero-order valence-electron chi connectivity index (χ0n) is 15.0. The molecule has 0 N–H and O–H groups in total. The van der Waals surface area contributed by atoms with Gasteiger partial charge in [0.05, 0.1) is 29.5 Å². The second-order valence-electron chi connectivity index (χ2n) is 6.53. The lowest BCUT2D eigenvalue weighted by Crippen LogP contribution is -2.34. The van der Waals surface area contributed by atoms with Crippen molar-refractivity contribution in [3.63, 3.8) is 0 Å². The number of imidazole rings is 1. The molecule has 1 fully saturated rings. The molecule has 1 saturated heterocycles. The summed E-state index contributed by atoms with van der Waals surface area (Å²) in [6.07, 6.45) is 4.86. The van der Waals surface area contributed by atoms with Gasteiger partial charge in [0.25, 0.3) is 0 Å². The van der Waals surface area contributed by atoms with Gasteiger partial charge in [0, 0.05) is 23.0 Å². The van der Waals surface area contributed by atoms with E-state index in [0.29, 0.717) is 44.6 Å². The van der Waals surface area contributed by atoms with E-state index in [1.165, 1.54) is 0 Å². The van der Waals surface area contributed by atoms with Gasteiger partial charge >= 0.3 is 0 Å². The van der Waals surface area contributed by atoms with Gasteiger partial charge in [0.2, 0.25) is 5.79 Å². The summed E-state index contributed by atoms with van der Waals surface area (Å²) in [7, 11) is 0. The fourth-order valence-electron chi connectivity index (χ4n) is 3.15. The molecule has 0 aliphatic carbocycles. The first-order valence-corrected chi connectivity index (χ1v) is 10.3. The number of nitrogens with zero attached hydrogens (tertiary/aromatic N) is 2. The van der Waals surface area contributed by atoms with Crippen LogP contribution >= 0.6 is 46.4 Å². The van der Waals surface area contributed by atoms with Gasteiger partial charge in [0.1, 0.15) is 23.5 Å². The van der Waals surface area contributed by atoms with E-state index in [4.69, 9.17) is 60.6 Å². The van der Waals surface area contributed by atoms with E-state index in [1.807, 2.05) is 10.8 Å². The van der Waals surface area contributed by atoms with Crippen molar-refractivity contribution in [1.82, 2.24) is 9.55 Å². The highest BCUT2D eigenvalue weighted by Crippen LogP contribution is 2.41. The van der Waals surface area contributed by atoms with Crippen LogP contribution in [0.15, 0.2) is 55.1 Å². The van der Waals surface area contributed by atoms with E-state index in [9.17, 15) is 0 Å². The molecule has 2 atom stereocenters. The summed E-state index contributed by atoms with van der Waals surface area (Å²) in [6, 6.07) is 10.4. The molecule has 5 nitrogen and oxygen atoms in total. The number of hydrogen-bond acceptors (Lipinski definition) is 4. The number of rotatable bonds is 6. The lowest BCUT2D eigenvalue weighted by molar-refractivity contribution is -0.189. The summed E-state index contributed by atoms with van der Waals surface area (Å²) in [4.78, 5) is 4.08. The molecule has 2 aromatic carbocycles. The van der Waals surface area contributed by atoms with Crippen LogP contribution in [0.1, 0.15) is 5.56 Å². The van der Waals surface area contributed by atoms with Crippen LogP contribution in [0.5, 0.6) is 5.75 Å². The Morgan fingerprint density at radius 3 is 2.76 bits per heavy atom. The predicted octanol–water partition coefficient (Wildman–Crippen LogP) is 5.84. The van der Waals surface area contributed by atoms with Crippen LogP contribution in [-0.4, -0.2) is 28.9 Å². The highest BCUT2D eigenvalue weighted by Gasteiger charge is 2.45. The Morgan fingerprint density at radius 1 is 1.14 bits per heavy atom. The Morgan fingerprint density at radius 2 is 2.00 bits per heavy atom. The molecule has 2 heterocycles. The van der Waals surface area contributed by atoms with Crippen LogP contribution in [-0.2, 0) is 21.8 Å². The molecule has 3 aromatic rings. The maximum absolute atomic E-state index is 6.47. The van der Waals surface area contributed by atoms with Gasteiger partial charge in [-0.25, -0.2) is 4.98 Å². The topological polar surface area (TPSA) is 45.5 Å². The van der Waals surface area contributed by atoms with Crippen LogP contribution in [0.4, 0.5) is 0 Å². The lowest BCUT2D eigenvalue weighted by atomic mass is 10.1. The quantitative estimate of drug-likeness (QED) is 0.450. The fraction of sp³-hybridized carbons (Fsp3) is 0.250. The third-order valence-electron chi connectivity index (χ3n) is 4.49. The van der Waals surface area contributed by atoms with Crippen molar-refractivity contribution in [2.24, 2.45) is 0 Å². The van der Waals surface area contributed by atoms with E-state index in [1.54, 1.807) is 48.9 Å². The summed E-state index contributed by atoms with van der Waals surface area (Å²) >= 11 is 24.8. The van der Waals surface area contributed by atoms with E-state index < -0.39 is 5.79 Å². The second kappa shape index (κ2) is 8.72. The van der Waals surface area contributed by atoms with Gasteiger partial charge in [-0.1, -0.05) is 58.5 Å². The minimum absolute atomic E-state index is 0.233. The summed E-state index contributed by atoms with van der Waals surface area (Å²) in [5, 5.41) is 1.77. The monoisotopic (exact) mass is 472 g/mol. The largest absolute Gasteiger partial charge is 0.489 e. The van der Waals surface area contributed by atoms with Crippen molar-refractivity contribution in [2.45, 2.75) is 18.4 Å². The van der Waals surface area contributed by atoms with Gasteiger partial charge in [-0.2, -0.15) is 0 Å². The number of aromatic nitrogens is 2. The van der Waals surface area contributed by atoms with Gasteiger partial charge in [-0.05, 0) is 24.3 Å². The Bertz CT molecular complexity index is 999. The van der Waals surface area contributed by atoms with Crippen LogP contribution in [0.3, 0.4) is 0 Å². The van der Waals surface area contributed by atoms with Gasteiger partial charge in [-0.15, -0.1) is 0 Å². The molecule has 0 saturated carbocycles. The fourth-order valence-corrected chi connectivity index (χ4v) is 4.05. The third-order valence-corrected chi connectivity index (χ3v) is 5.84. The van der Waals surface area contributed by atoms with Gasteiger partial charge in [-0.3, -0.25) is 0 Å². The first-order chi connectivity index (χ1) is 14.0. The number of hydrogen-bond donors (Lipinski definition) is 0. The van der Waals surface area contributed by atoms with E-state index in [-0.39, 0.29) is 12.7 Å². The number of benzene rings is 2. The zero-order chi connectivity index (χ0) is 20.4. The molecule has 1 aliphatic rings. The maximum atomic E-state index is 6.47. The zero-order valence-corrected chi connectivity index (χ0v) is 18.0. The molecule has 0 bridgehead atoms. The predicted molar refractivity (Wildman–Crippen MR) is 113 cm³/mol. The van der Waals surface area contributed by atoms with Crippen LogP contribution < -0.4 is 4.74 Å². The molecule has 2 unspecified atom stereocenters. The molecule has 4 rings (SSSR count). The van der Waals surface area contributed by atoms with Crippen molar-refractivity contribution in [3.05, 3.63) is 80.8 Å². The van der Waals surface area contributed by atoms with Crippen LogP contribution in [0.2, 0.25) is 20.1 Å². The van der Waals surface area contributed by atoms with Crippen molar-refractivity contribution in [1.29, 1.82) is 0 Å². The van der Waals surface area contributed by atoms with Crippen molar-refractivity contribution < 1.29 is 14.2 Å². The van der Waals surface area contributed by atoms with Gasteiger partial charge < -0.3 is 18.8 Å². The lowest BCUT2D eigenvalue weighted by Gasteiger charge is -2.30. The molecule has 29 heavy (non-hydrogen) atoms. The molecule has 152 valence electrons. The van der Waals surface area contributed by atoms with Crippen LogP contribution in [0.25, 0.3) is 0 Å². The first-order valence-electron chi connectivity index (χ1n) is 8.77. The summed E-state index contributed by atoms with van der Waals surface area (Å²) in [5.74, 6) is -0.617. The smallest absolute Gasteiger partial charge is 0.215 e. The Labute approximate surface area is 188 Å². The highest BCUT2D eigenvalue weighted by atomic mass is 35.5. The second-order valence-corrected chi connectivity index (χ2v) is 8.15. The molecule has 0 radical (unpaired) electrons. The normalized spacial score (nSPS) is 21.4. The summed E-state index contributed by atoms with van der Waals surface area (Å²) in [6.45, 7) is 0.908. The Hall–Kier alpha value is -1.47. The summed E-state index contributed by atoms with van der Waals surface area (Å²) in [5.41, 5.74) is 0.681. The number of ether oxygens (including phenoxy) is 3. The summed E-state index contributed by atoms with van der Waals surface area (Å²) < 4.78 is 20.1. The SMILES string of the molecule is Clc1ccc(C2(Cn3ccnc3)OCC(COc3cccc(Cl)c3Cl)O2)c(Cl)c1. The van der Waals surface area contributed by atoms with E-state index in [0.717, 1.165) is 0 Å². The average Bonchev–Trinajstić information content (AvgIpc) is 3.34. The molecule has 0 amide bonds. The third kappa shape index (κ3) is 4.50. The van der Waals surface area contributed by atoms with Crippen molar-refractivity contribution in [3.8, 4) is 5.75 Å². The van der Waals surface area contributed by atoms with Crippen molar-refractivity contribution in [2.75, 3.05) is 13.2 Å². The molecule has 0 spiro atoms. The maximum Gasteiger partial charge on any atom is 0.215 e. The van der Waals surface area contributed by atoms with E-state index in [2.05, 4.69) is 4.98 Å². The molecule has 1 aliphatic heterocycles. The standard InChI is InChI=1S/C20H16Cl4N2O3/c21-13-4-5-15(17(23)8-13)20(11-26-7-6-25-12-26)28-10-14(29-20)9-27-18-3-1-2-16(22)19(18)24/h1-8,12,14H,9-11H2. The minimum atomic E-state index is -1.10. The first kappa shape index (κ1) is 20.8. The van der Waals surface area contributed by atoms with Crippen molar-refractivity contribution >= 4 is 46.4 Å². The molecule has 1 aromatic heterocycles. The van der Waals surface area contributed by atoms with Crippen LogP contribution in [0, 0.1) is 0 Å². The average molecular weight is 474 g/mol. The highest BCUT2D eigenvalue weighted by molar-refractivity contribution is 6.42.